The van der Waals surface area contributed by atoms with Gasteiger partial charge in [-0.25, -0.2) is 0 Å². The molecule has 168 valence electrons. The number of carbonyl (C=O) groups excluding carboxylic acids is 4. The lowest BCUT2D eigenvalue weighted by atomic mass is 9.98. The first-order chi connectivity index (χ1) is 15.9. The fourth-order valence-electron chi connectivity index (χ4n) is 3.57. The van der Waals surface area contributed by atoms with Crippen LogP contribution in [-0.4, -0.2) is 52.7 Å². The summed E-state index contributed by atoms with van der Waals surface area (Å²) in [4.78, 5) is 54.9. The Bertz CT molecular complexity index is 1270. The van der Waals surface area contributed by atoms with E-state index in [4.69, 9.17) is 5.73 Å². The van der Waals surface area contributed by atoms with Crippen LogP contribution in [0, 0.1) is 0 Å². The zero-order valence-electron chi connectivity index (χ0n) is 17.5. The molecular weight excluding hydrogens is 424 g/mol. The second-order valence-corrected chi connectivity index (χ2v) is 7.63. The van der Waals surface area contributed by atoms with Crippen LogP contribution in [0.1, 0.15) is 20.7 Å². The van der Waals surface area contributed by atoms with Crippen molar-refractivity contribution in [2.75, 3.05) is 13.1 Å². The molecule has 2 aromatic heterocycles. The molecule has 10 nitrogen and oxygen atoms in total. The van der Waals surface area contributed by atoms with Gasteiger partial charge in [0.15, 0.2) is 5.54 Å². The summed E-state index contributed by atoms with van der Waals surface area (Å²) < 4.78 is 0. The molecule has 0 aliphatic carbocycles. The molecule has 2 heterocycles. The largest absolute Gasteiger partial charge is 0.368 e. The van der Waals surface area contributed by atoms with E-state index in [2.05, 4.69) is 25.9 Å². The quantitative estimate of drug-likeness (QED) is 0.210. The minimum absolute atomic E-state index is 0.305. The maximum atomic E-state index is 12.7. The molecule has 7 N–H and O–H groups in total. The molecule has 0 aliphatic heterocycles. The van der Waals surface area contributed by atoms with E-state index < -0.39 is 23.3 Å². The van der Waals surface area contributed by atoms with E-state index in [1.54, 1.807) is 48.8 Å². The van der Waals surface area contributed by atoms with E-state index in [-0.39, 0.29) is 13.1 Å². The van der Waals surface area contributed by atoms with Crippen LogP contribution in [0.5, 0.6) is 0 Å². The van der Waals surface area contributed by atoms with Gasteiger partial charge in [-0.1, -0.05) is 12.1 Å². The van der Waals surface area contributed by atoms with Crippen molar-refractivity contribution in [3.05, 3.63) is 72.1 Å². The molecule has 4 amide bonds. The van der Waals surface area contributed by atoms with Crippen molar-refractivity contribution in [2.45, 2.75) is 5.54 Å². The summed E-state index contributed by atoms with van der Waals surface area (Å²) in [5, 5.41) is 9.49. The number of aromatic amines is 2. The third-order valence-corrected chi connectivity index (χ3v) is 5.54. The van der Waals surface area contributed by atoms with E-state index >= 15 is 0 Å². The van der Waals surface area contributed by atoms with Crippen LogP contribution in [0.25, 0.3) is 21.8 Å². The molecule has 0 fully saturated rings. The number of fused-ring (bicyclic) bond motifs is 2. The van der Waals surface area contributed by atoms with Crippen LogP contribution in [-0.2, 0) is 9.59 Å². The fourth-order valence-corrected chi connectivity index (χ4v) is 3.57. The van der Waals surface area contributed by atoms with Crippen molar-refractivity contribution in [1.82, 2.24) is 25.9 Å². The van der Waals surface area contributed by atoms with Gasteiger partial charge in [0.2, 0.25) is 12.3 Å². The van der Waals surface area contributed by atoms with Gasteiger partial charge >= 0.3 is 0 Å². The predicted molar refractivity (Wildman–Crippen MR) is 122 cm³/mol. The molecule has 0 radical (unpaired) electrons. The topological polar surface area (TPSA) is 162 Å². The maximum absolute atomic E-state index is 12.7. The Morgan fingerprint density at radius 2 is 1.30 bits per heavy atom. The molecule has 0 spiro atoms. The zero-order chi connectivity index (χ0) is 23.4. The van der Waals surface area contributed by atoms with Crippen molar-refractivity contribution in [1.29, 1.82) is 0 Å². The Kier molecular flexibility index (Phi) is 5.81. The normalized spacial score (nSPS) is 11.3. The Hall–Kier alpha value is -4.60. The summed E-state index contributed by atoms with van der Waals surface area (Å²) in [5.74, 6) is -1.84. The number of carbonyl (C=O) groups is 4. The Balaban J connectivity index is 1.47. The van der Waals surface area contributed by atoms with Crippen molar-refractivity contribution >= 4 is 45.9 Å². The van der Waals surface area contributed by atoms with Gasteiger partial charge in [-0.05, 0) is 47.2 Å². The van der Waals surface area contributed by atoms with Crippen molar-refractivity contribution in [3.63, 3.8) is 0 Å². The minimum Gasteiger partial charge on any atom is -0.368 e. The van der Waals surface area contributed by atoms with E-state index in [1.807, 2.05) is 12.1 Å². The van der Waals surface area contributed by atoms with Crippen LogP contribution in [0.2, 0.25) is 0 Å². The van der Waals surface area contributed by atoms with Crippen LogP contribution in [0.3, 0.4) is 0 Å². The number of benzene rings is 2. The number of amides is 4. The number of hydrogen-bond donors (Lipinski definition) is 6. The lowest BCUT2D eigenvalue weighted by Crippen LogP contribution is -2.66. The number of aromatic nitrogens is 2. The Labute approximate surface area is 187 Å². The van der Waals surface area contributed by atoms with Gasteiger partial charge in [0.1, 0.15) is 0 Å². The van der Waals surface area contributed by atoms with Crippen LogP contribution in [0.4, 0.5) is 0 Å². The molecule has 0 atom stereocenters. The molecule has 0 saturated heterocycles. The van der Waals surface area contributed by atoms with Crippen LogP contribution < -0.4 is 21.7 Å². The number of rotatable bonds is 9. The van der Waals surface area contributed by atoms with Gasteiger partial charge in [0.05, 0.1) is 13.1 Å². The van der Waals surface area contributed by atoms with Gasteiger partial charge in [-0.2, -0.15) is 0 Å². The van der Waals surface area contributed by atoms with Crippen molar-refractivity contribution in [3.8, 4) is 0 Å². The summed E-state index contributed by atoms with van der Waals surface area (Å²) >= 11 is 0. The Morgan fingerprint density at radius 3 is 1.73 bits per heavy atom. The summed E-state index contributed by atoms with van der Waals surface area (Å²) in [6.07, 6.45) is 3.82. The van der Waals surface area contributed by atoms with Gasteiger partial charge in [-0.3, -0.25) is 19.2 Å². The average Bonchev–Trinajstić information content (AvgIpc) is 3.48. The first kappa shape index (κ1) is 21.6. The molecule has 10 heteroatoms. The van der Waals surface area contributed by atoms with Crippen LogP contribution >= 0.6 is 0 Å². The third-order valence-electron chi connectivity index (χ3n) is 5.54. The standard InChI is InChI=1S/C23H22N6O4/c24-22(33)23(29-13-30,11-27-20(31)16-3-1-14-5-7-25-18(14)9-16)12-28-21(32)17-4-2-15-6-8-26-19(15)10-17/h1-10,13,25-26H,11-12H2,(H2,24,33)(H,27,31)(H,28,32)(H,29,30). The zero-order valence-corrected chi connectivity index (χ0v) is 17.5. The lowest BCUT2D eigenvalue weighted by Gasteiger charge is -2.30. The van der Waals surface area contributed by atoms with Gasteiger partial charge in [-0.15, -0.1) is 0 Å². The van der Waals surface area contributed by atoms with E-state index in [1.165, 1.54) is 0 Å². The van der Waals surface area contributed by atoms with E-state index in [9.17, 15) is 19.2 Å². The molecule has 0 bridgehead atoms. The summed E-state index contributed by atoms with van der Waals surface area (Å²) in [7, 11) is 0. The maximum Gasteiger partial charge on any atom is 0.251 e. The highest BCUT2D eigenvalue weighted by atomic mass is 16.2. The second kappa shape index (κ2) is 8.87. The number of nitrogens with one attached hydrogen (secondary N) is 5. The summed E-state index contributed by atoms with van der Waals surface area (Å²) in [5.41, 5.74) is 6.11. The highest BCUT2D eigenvalue weighted by molar-refractivity contribution is 6.00. The SMILES string of the molecule is NC(=O)C(CNC(=O)c1ccc2cc[nH]c2c1)(CNC(=O)c1ccc2cc[nH]c2c1)NC=O. The first-order valence-corrected chi connectivity index (χ1v) is 10.1. The number of primary amides is 1. The van der Waals surface area contributed by atoms with Crippen molar-refractivity contribution < 1.29 is 19.2 Å². The average molecular weight is 446 g/mol. The molecule has 4 aromatic rings. The number of hydrogen-bond acceptors (Lipinski definition) is 4. The minimum atomic E-state index is -1.72. The lowest BCUT2D eigenvalue weighted by molar-refractivity contribution is -0.127. The van der Waals surface area contributed by atoms with Gasteiger partial charge in [0, 0.05) is 34.6 Å². The number of H-pyrrole nitrogens is 2. The molecule has 4 rings (SSSR count). The van der Waals surface area contributed by atoms with Gasteiger partial charge in [0.25, 0.3) is 11.8 Å². The smallest absolute Gasteiger partial charge is 0.251 e. The van der Waals surface area contributed by atoms with Crippen LogP contribution in [0.15, 0.2) is 60.9 Å². The first-order valence-electron chi connectivity index (χ1n) is 10.1. The number of nitrogens with two attached hydrogens (primary N) is 1. The second-order valence-electron chi connectivity index (χ2n) is 7.63. The van der Waals surface area contributed by atoms with Gasteiger partial charge < -0.3 is 31.7 Å². The molecule has 33 heavy (non-hydrogen) atoms. The monoisotopic (exact) mass is 446 g/mol. The van der Waals surface area contributed by atoms with E-state index in [0.717, 1.165) is 21.8 Å². The third kappa shape index (κ3) is 4.40. The molecule has 0 aliphatic rings. The predicted octanol–water partition coefficient (Wildman–Crippen LogP) is 0.779. The summed E-state index contributed by atoms with van der Waals surface area (Å²) in [6.45, 7) is -0.642. The molecule has 0 saturated carbocycles. The molecule has 0 unspecified atom stereocenters. The van der Waals surface area contributed by atoms with Crippen molar-refractivity contribution in [2.24, 2.45) is 5.73 Å². The highest BCUT2D eigenvalue weighted by Gasteiger charge is 2.37. The summed E-state index contributed by atoms with van der Waals surface area (Å²) in [6, 6.07) is 13.9. The molecule has 2 aromatic carbocycles. The highest BCUT2D eigenvalue weighted by Crippen LogP contribution is 2.15. The Morgan fingerprint density at radius 1 is 0.818 bits per heavy atom. The fraction of sp³-hybridized carbons (Fsp3) is 0.130. The molecular formula is C23H22N6O4. The van der Waals surface area contributed by atoms with E-state index in [0.29, 0.717) is 17.5 Å².